The smallest absolute Gasteiger partial charge is 0.246 e. The molecule has 13 heavy (non-hydrogen) atoms. The number of nitrogens with two attached hydrogens (primary N) is 1. The number of primary amides is 1. The Kier molecular flexibility index (Phi) is 3.25. The second-order valence-electron chi connectivity index (χ2n) is 2.76. The lowest BCUT2D eigenvalue weighted by atomic mass is 10.1. The Morgan fingerprint density at radius 1 is 1.69 bits per heavy atom. The fourth-order valence-electron chi connectivity index (χ4n) is 1.11. The van der Waals surface area contributed by atoms with Crippen molar-refractivity contribution in [2.24, 2.45) is 5.73 Å². The van der Waals surface area contributed by atoms with Crippen LogP contribution in [0.3, 0.4) is 0 Å². The van der Waals surface area contributed by atoms with Gasteiger partial charge >= 0.3 is 0 Å². The highest BCUT2D eigenvalue weighted by Gasteiger charge is 2.10. The van der Waals surface area contributed by atoms with Crippen molar-refractivity contribution >= 4 is 12.2 Å². The maximum atomic E-state index is 10.8. The third-order valence-electron chi connectivity index (χ3n) is 1.79. The van der Waals surface area contributed by atoms with Gasteiger partial charge in [0, 0.05) is 25.1 Å². The molecule has 0 unspecified atom stereocenters. The first-order valence-corrected chi connectivity index (χ1v) is 4.00. The molecule has 1 aliphatic rings. The fraction of sp³-hybridized carbons (Fsp3) is 0.333. The van der Waals surface area contributed by atoms with Crippen molar-refractivity contribution in [1.29, 1.82) is 0 Å². The summed E-state index contributed by atoms with van der Waals surface area (Å²) < 4.78 is 0. The lowest BCUT2D eigenvalue weighted by Gasteiger charge is -2.22. The summed E-state index contributed by atoms with van der Waals surface area (Å²) in [6, 6.07) is 0. The molecule has 1 amide bonds. The summed E-state index contributed by atoms with van der Waals surface area (Å²) in [5, 5.41) is 0. The zero-order valence-corrected chi connectivity index (χ0v) is 7.19. The molecule has 69 valence electrons. The number of carbonyl (C=O) groups excluding carboxylic acids is 2. The molecular weight excluding hydrogens is 168 g/mol. The van der Waals surface area contributed by atoms with Crippen LogP contribution in [0.1, 0.15) is 6.42 Å². The van der Waals surface area contributed by atoms with Gasteiger partial charge in [-0.3, -0.25) is 9.59 Å². The molecule has 2 N–H and O–H groups in total. The Balaban J connectivity index is 2.49. The zero-order valence-electron chi connectivity index (χ0n) is 7.19. The minimum absolute atomic E-state index is 0.344. The van der Waals surface area contributed by atoms with Crippen LogP contribution in [0.2, 0.25) is 0 Å². The topological polar surface area (TPSA) is 63.4 Å². The first-order valence-electron chi connectivity index (χ1n) is 4.00. The highest BCUT2D eigenvalue weighted by Crippen LogP contribution is 2.06. The van der Waals surface area contributed by atoms with Gasteiger partial charge < -0.3 is 10.6 Å². The summed E-state index contributed by atoms with van der Waals surface area (Å²) in [6.07, 6.45) is 7.39. The second kappa shape index (κ2) is 4.45. The van der Waals surface area contributed by atoms with Gasteiger partial charge in [-0.2, -0.15) is 0 Å². The second-order valence-corrected chi connectivity index (χ2v) is 2.76. The molecule has 1 radical (unpaired) electrons. The summed E-state index contributed by atoms with van der Waals surface area (Å²) in [4.78, 5) is 22.6. The molecule has 4 nitrogen and oxygen atoms in total. The van der Waals surface area contributed by atoms with Gasteiger partial charge in [0.05, 0.1) is 0 Å². The monoisotopic (exact) mass is 179 g/mol. The predicted molar refractivity (Wildman–Crippen MR) is 48.3 cm³/mol. The van der Waals surface area contributed by atoms with Crippen LogP contribution in [0.25, 0.3) is 0 Å². The van der Waals surface area contributed by atoms with Crippen LogP contribution in [0.4, 0.5) is 0 Å². The van der Waals surface area contributed by atoms with Crippen molar-refractivity contribution in [3.05, 3.63) is 23.9 Å². The van der Waals surface area contributed by atoms with E-state index in [1.807, 2.05) is 11.1 Å². The number of nitrogens with zero attached hydrogens (tertiary/aromatic N) is 1. The number of carbonyl (C=O) groups is 1. The molecule has 0 aliphatic carbocycles. The standard InChI is InChI=1S/C9H11N2O2/c10-9(13)8-3-1-4-11(7-8)5-2-6-12/h1,3-4H,2,5,7H2,(H2,10,13). The molecule has 0 aromatic rings. The molecule has 1 heterocycles. The molecule has 0 atom stereocenters. The van der Waals surface area contributed by atoms with Gasteiger partial charge in [-0.15, -0.1) is 0 Å². The molecule has 0 aromatic heterocycles. The van der Waals surface area contributed by atoms with Crippen LogP contribution < -0.4 is 5.73 Å². The van der Waals surface area contributed by atoms with E-state index in [-0.39, 0.29) is 0 Å². The van der Waals surface area contributed by atoms with E-state index in [0.29, 0.717) is 25.1 Å². The lowest BCUT2D eigenvalue weighted by Crippen LogP contribution is -2.29. The van der Waals surface area contributed by atoms with Gasteiger partial charge in [-0.1, -0.05) is 6.08 Å². The number of hydrogen-bond donors (Lipinski definition) is 1. The van der Waals surface area contributed by atoms with Crippen molar-refractivity contribution in [1.82, 2.24) is 4.90 Å². The SMILES string of the molecule is NC(=O)C1=CC=CN(CC[C]=O)C1. The highest BCUT2D eigenvalue weighted by atomic mass is 16.1. The third-order valence-corrected chi connectivity index (χ3v) is 1.79. The molecule has 0 saturated heterocycles. The van der Waals surface area contributed by atoms with Crippen LogP contribution in [0, 0.1) is 0 Å². The van der Waals surface area contributed by atoms with E-state index in [4.69, 9.17) is 5.73 Å². The van der Waals surface area contributed by atoms with E-state index in [1.54, 1.807) is 18.4 Å². The molecule has 1 aliphatic heterocycles. The van der Waals surface area contributed by atoms with Crippen molar-refractivity contribution in [2.45, 2.75) is 6.42 Å². The van der Waals surface area contributed by atoms with Crippen LogP contribution in [0.15, 0.2) is 23.9 Å². The van der Waals surface area contributed by atoms with E-state index < -0.39 is 5.91 Å². The maximum absolute atomic E-state index is 10.8. The number of allylic oxidation sites excluding steroid dienone is 2. The minimum Gasteiger partial charge on any atom is -0.372 e. The summed E-state index contributed by atoms with van der Waals surface area (Å²) in [5.74, 6) is -0.413. The van der Waals surface area contributed by atoms with Gasteiger partial charge in [0.1, 0.15) is 0 Å². The van der Waals surface area contributed by atoms with E-state index in [1.165, 1.54) is 0 Å². The van der Waals surface area contributed by atoms with Gasteiger partial charge in [-0.25, -0.2) is 0 Å². The molecular formula is C9H11N2O2. The quantitative estimate of drug-likeness (QED) is 0.646. The highest BCUT2D eigenvalue weighted by molar-refractivity contribution is 5.92. The van der Waals surface area contributed by atoms with Crippen molar-refractivity contribution in [2.75, 3.05) is 13.1 Å². The van der Waals surface area contributed by atoms with E-state index in [2.05, 4.69) is 0 Å². The molecule has 0 saturated carbocycles. The largest absolute Gasteiger partial charge is 0.372 e. The average Bonchev–Trinajstić information content (AvgIpc) is 2.15. The Morgan fingerprint density at radius 3 is 3.08 bits per heavy atom. The molecule has 0 fully saturated rings. The number of hydrogen-bond acceptors (Lipinski definition) is 3. The molecule has 4 heteroatoms. The van der Waals surface area contributed by atoms with Gasteiger partial charge in [-0.05, 0) is 12.3 Å². The Bertz CT molecular complexity index is 269. The number of rotatable bonds is 4. The zero-order chi connectivity index (χ0) is 9.68. The first kappa shape index (κ1) is 9.51. The first-order chi connectivity index (χ1) is 6.24. The van der Waals surface area contributed by atoms with E-state index in [0.717, 1.165) is 0 Å². The normalized spacial score (nSPS) is 15.4. The van der Waals surface area contributed by atoms with E-state index >= 15 is 0 Å². The van der Waals surface area contributed by atoms with Gasteiger partial charge in [0.2, 0.25) is 5.91 Å². The van der Waals surface area contributed by atoms with Crippen LogP contribution >= 0.6 is 0 Å². The van der Waals surface area contributed by atoms with Crippen LogP contribution in [-0.4, -0.2) is 30.2 Å². The molecule has 0 bridgehead atoms. The average molecular weight is 179 g/mol. The lowest BCUT2D eigenvalue weighted by molar-refractivity contribution is -0.114. The van der Waals surface area contributed by atoms with Gasteiger partial charge in [0.25, 0.3) is 0 Å². The van der Waals surface area contributed by atoms with Crippen molar-refractivity contribution < 1.29 is 9.59 Å². The van der Waals surface area contributed by atoms with E-state index in [9.17, 15) is 9.59 Å². The molecule has 1 rings (SSSR count). The van der Waals surface area contributed by atoms with Gasteiger partial charge in [0.15, 0.2) is 6.29 Å². The maximum Gasteiger partial charge on any atom is 0.246 e. The van der Waals surface area contributed by atoms with Crippen molar-refractivity contribution in [3.8, 4) is 0 Å². The Hall–Kier alpha value is -1.58. The fourth-order valence-corrected chi connectivity index (χ4v) is 1.11. The predicted octanol–water partition coefficient (Wildman–Crippen LogP) is -0.273. The summed E-state index contributed by atoms with van der Waals surface area (Å²) in [6.45, 7) is 1.05. The van der Waals surface area contributed by atoms with Crippen LogP contribution in [0.5, 0.6) is 0 Å². The third kappa shape index (κ3) is 2.74. The minimum atomic E-state index is -0.413. The molecule has 0 aromatic carbocycles. The summed E-state index contributed by atoms with van der Waals surface area (Å²) >= 11 is 0. The summed E-state index contributed by atoms with van der Waals surface area (Å²) in [7, 11) is 0. The van der Waals surface area contributed by atoms with Crippen molar-refractivity contribution in [3.63, 3.8) is 0 Å². The Morgan fingerprint density at radius 2 is 2.46 bits per heavy atom. The summed E-state index contributed by atoms with van der Waals surface area (Å²) in [5.41, 5.74) is 5.68. The Labute approximate surface area is 76.7 Å². The van der Waals surface area contributed by atoms with Crippen LogP contribution in [-0.2, 0) is 9.59 Å². The molecule has 0 spiro atoms. The number of amides is 1.